The Hall–Kier alpha value is -0.890. The van der Waals surface area contributed by atoms with Gasteiger partial charge in [-0.2, -0.15) is 0 Å². The normalized spacial score (nSPS) is 19.5. The molecule has 1 atom stereocenters. The van der Waals surface area contributed by atoms with Crippen molar-refractivity contribution in [1.29, 1.82) is 0 Å². The summed E-state index contributed by atoms with van der Waals surface area (Å²) in [7, 11) is 0. The van der Waals surface area contributed by atoms with E-state index in [1.807, 2.05) is 12.1 Å². The zero-order chi connectivity index (χ0) is 13.7. The Morgan fingerprint density at radius 2 is 1.95 bits per heavy atom. The van der Waals surface area contributed by atoms with E-state index in [1.54, 1.807) is 12.1 Å². The van der Waals surface area contributed by atoms with Crippen LogP contribution in [0.3, 0.4) is 0 Å². The van der Waals surface area contributed by atoms with E-state index >= 15 is 0 Å². The van der Waals surface area contributed by atoms with E-state index in [0.29, 0.717) is 11.5 Å². The van der Waals surface area contributed by atoms with Crippen molar-refractivity contribution in [1.82, 2.24) is 5.32 Å². The minimum absolute atomic E-state index is 0.0813. The van der Waals surface area contributed by atoms with Gasteiger partial charge >= 0.3 is 0 Å². The van der Waals surface area contributed by atoms with E-state index in [1.165, 1.54) is 32.1 Å². The first-order valence-corrected chi connectivity index (χ1v) is 7.62. The van der Waals surface area contributed by atoms with Crippen LogP contribution in [0.25, 0.3) is 0 Å². The third kappa shape index (κ3) is 3.79. The lowest BCUT2D eigenvalue weighted by Crippen LogP contribution is -2.38. The standard InChI is InChI=1S/C17H26FN/c1-3-17(10-6-7-11-17)13-19-14(2)12-15-8-4-5-9-16(15)18/h4-5,8-9,14,19H,3,6-7,10-13H2,1-2H3. The van der Waals surface area contributed by atoms with E-state index in [4.69, 9.17) is 0 Å². The van der Waals surface area contributed by atoms with Gasteiger partial charge in [-0.05, 0) is 49.7 Å². The molecule has 1 fully saturated rings. The molecule has 2 heteroatoms. The molecule has 0 aliphatic heterocycles. The van der Waals surface area contributed by atoms with E-state index < -0.39 is 0 Å². The maximum Gasteiger partial charge on any atom is 0.126 e. The van der Waals surface area contributed by atoms with Crippen LogP contribution >= 0.6 is 0 Å². The van der Waals surface area contributed by atoms with E-state index in [-0.39, 0.29) is 5.82 Å². The second kappa shape index (κ2) is 6.51. The molecular weight excluding hydrogens is 237 g/mol. The van der Waals surface area contributed by atoms with Crippen molar-refractivity contribution in [2.75, 3.05) is 6.54 Å². The Labute approximate surface area is 116 Å². The molecule has 1 aliphatic rings. The molecule has 1 saturated carbocycles. The summed E-state index contributed by atoms with van der Waals surface area (Å²) in [5, 5.41) is 3.63. The summed E-state index contributed by atoms with van der Waals surface area (Å²) in [5.41, 5.74) is 1.32. The summed E-state index contributed by atoms with van der Waals surface area (Å²) in [4.78, 5) is 0. The molecule has 106 valence electrons. The van der Waals surface area contributed by atoms with E-state index in [9.17, 15) is 4.39 Å². The zero-order valence-electron chi connectivity index (χ0n) is 12.2. The summed E-state index contributed by atoms with van der Waals surface area (Å²) in [6, 6.07) is 7.43. The average molecular weight is 263 g/mol. The second-order valence-electron chi connectivity index (χ2n) is 6.14. The van der Waals surface area contributed by atoms with Gasteiger partial charge in [-0.1, -0.05) is 38.0 Å². The molecule has 0 aromatic heterocycles. The van der Waals surface area contributed by atoms with E-state index in [2.05, 4.69) is 19.2 Å². The van der Waals surface area contributed by atoms with Crippen LogP contribution in [0.15, 0.2) is 24.3 Å². The highest BCUT2D eigenvalue weighted by Gasteiger charge is 2.31. The molecule has 0 amide bonds. The number of nitrogens with one attached hydrogen (secondary N) is 1. The third-order valence-electron chi connectivity index (χ3n) is 4.72. The van der Waals surface area contributed by atoms with Crippen LogP contribution < -0.4 is 5.32 Å². The lowest BCUT2D eigenvalue weighted by Gasteiger charge is -2.29. The third-order valence-corrected chi connectivity index (χ3v) is 4.72. The van der Waals surface area contributed by atoms with Gasteiger partial charge in [-0.15, -0.1) is 0 Å². The SMILES string of the molecule is CCC1(CNC(C)Cc2ccccc2F)CCCC1. The Morgan fingerprint density at radius 1 is 1.26 bits per heavy atom. The number of benzene rings is 1. The lowest BCUT2D eigenvalue weighted by molar-refractivity contribution is 0.257. The highest BCUT2D eigenvalue weighted by atomic mass is 19.1. The fourth-order valence-corrected chi connectivity index (χ4v) is 3.24. The van der Waals surface area contributed by atoms with Crippen LogP contribution in [-0.2, 0) is 6.42 Å². The summed E-state index contributed by atoms with van der Waals surface area (Å²) in [6.45, 7) is 5.54. The molecule has 0 saturated heterocycles. The van der Waals surface area contributed by atoms with Gasteiger partial charge in [0.25, 0.3) is 0 Å². The molecule has 2 rings (SSSR count). The van der Waals surface area contributed by atoms with Crippen molar-refractivity contribution in [3.05, 3.63) is 35.6 Å². The first-order chi connectivity index (χ1) is 9.15. The van der Waals surface area contributed by atoms with Crippen molar-refractivity contribution in [3.8, 4) is 0 Å². The number of hydrogen-bond donors (Lipinski definition) is 1. The smallest absolute Gasteiger partial charge is 0.126 e. The van der Waals surface area contributed by atoms with Gasteiger partial charge < -0.3 is 5.32 Å². The molecule has 1 aromatic rings. The fraction of sp³-hybridized carbons (Fsp3) is 0.647. The molecule has 1 unspecified atom stereocenters. The van der Waals surface area contributed by atoms with Gasteiger partial charge in [-0.25, -0.2) is 4.39 Å². The predicted molar refractivity (Wildman–Crippen MR) is 78.8 cm³/mol. The van der Waals surface area contributed by atoms with Crippen LogP contribution in [-0.4, -0.2) is 12.6 Å². The number of halogens is 1. The molecule has 19 heavy (non-hydrogen) atoms. The second-order valence-corrected chi connectivity index (χ2v) is 6.14. The Kier molecular flexibility index (Phi) is 4.98. The van der Waals surface area contributed by atoms with Crippen molar-refractivity contribution < 1.29 is 4.39 Å². The van der Waals surface area contributed by atoms with Crippen molar-refractivity contribution >= 4 is 0 Å². The minimum atomic E-state index is -0.0813. The first-order valence-electron chi connectivity index (χ1n) is 7.62. The largest absolute Gasteiger partial charge is 0.313 e. The monoisotopic (exact) mass is 263 g/mol. The van der Waals surface area contributed by atoms with Crippen LogP contribution in [0.4, 0.5) is 4.39 Å². The lowest BCUT2D eigenvalue weighted by atomic mass is 9.83. The topological polar surface area (TPSA) is 12.0 Å². The quantitative estimate of drug-likeness (QED) is 0.806. The summed E-state index contributed by atoms with van der Waals surface area (Å²) < 4.78 is 13.6. The fourth-order valence-electron chi connectivity index (χ4n) is 3.24. The Bertz CT molecular complexity index is 396. The minimum Gasteiger partial charge on any atom is -0.313 e. The zero-order valence-corrected chi connectivity index (χ0v) is 12.2. The van der Waals surface area contributed by atoms with Crippen LogP contribution in [0.5, 0.6) is 0 Å². The average Bonchev–Trinajstić information content (AvgIpc) is 2.89. The number of hydrogen-bond acceptors (Lipinski definition) is 1. The molecule has 1 N–H and O–H groups in total. The summed E-state index contributed by atoms with van der Waals surface area (Å²) in [6.07, 6.45) is 7.47. The Morgan fingerprint density at radius 3 is 2.58 bits per heavy atom. The highest BCUT2D eigenvalue weighted by molar-refractivity contribution is 5.18. The Balaban J connectivity index is 1.84. The van der Waals surface area contributed by atoms with Gasteiger partial charge in [0.15, 0.2) is 0 Å². The van der Waals surface area contributed by atoms with E-state index in [0.717, 1.165) is 18.5 Å². The molecule has 0 spiro atoms. The van der Waals surface area contributed by atoms with Gasteiger partial charge in [-0.3, -0.25) is 0 Å². The van der Waals surface area contributed by atoms with Gasteiger partial charge in [0.05, 0.1) is 0 Å². The van der Waals surface area contributed by atoms with Gasteiger partial charge in [0.2, 0.25) is 0 Å². The molecule has 0 heterocycles. The van der Waals surface area contributed by atoms with Crippen LogP contribution in [0.2, 0.25) is 0 Å². The molecular formula is C17H26FN. The van der Waals surface area contributed by atoms with Crippen molar-refractivity contribution in [3.63, 3.8) is 0 Å². The maximum atomic E-state index is 13.6. The van der Waals surface area contributed by atoms with Crippen LogP contribution in [0.1, 0.15) is 51.5 Å². The molecule has 1 aromatic carbocycles. The predicted octanol–water partition coefficient (Wildman–Crippen LogP) is 4.32. The summed E-state index contributed by atoms with van der Waals surface area (Å²) >= 11 is 0. The van der Waals surface area contributed by atoms with Crippen molar-refractivity contribution in [2.24, 2.45) is 5.41 Å². The van der Waals surface area contributed by atoms with Gasteiger partial charge in [0, 0.05) is 12.6 Å². The summed E-state index contributed by atoms with van der Waals surface area (Å²) in [5.74, 6) is -0.0813. The molecule has 1 aliphatic carbocycles. The molecule has 1 nitrogen and oxygen atoms in total. The van der Waals surface area contributed by atoms with Crippen molar-refractivity contribution in [2.45, 2.75) is 58.4 Å². The maximum absolute atomic E-state index is 13.6. The number of rotatable bonds is 6. The molecule has 0 bridgehead atoms. The van der Waals surface area contributed by atoms with Gasteiger partial charge in [0.1, 0.15) is 5.82 Å². The van der Waals surface area contributed by atoms with Crippen LogP contribution in [0, 0.1) is 11.2 Å². The molecule has 0 radical (unpaired) electrons. The first kappa shape index (κ1) is 14.5. The highest BCUT2D eigenvalue weighted by Crippen LogP contribution is 2.40.